The largest absolute Gasteiger partial charge is 0.478 e. The molecule has 31 heavy (non-hydrogen) atoms. The number of carbonyl (C=O) groups is 2. The average molecular weight is 497 g/mol. The predicted molar refractivity (Wildman–Crippen MR) is 125 cm³/mol. The summed E-state index contributed by atoms with van der Waals surface area (Å²) in [6.45, 7) is 2.31. The van der Waals surface area contributed by atoms with E-state index in [1.807, 2.05) is 43.3 Å². The van der Waals surface area contributed by atoms with Crippen molar-refractivity contribution in [1.29, 1.82) is 0 Å². The second-order valence-corrected chi connectivity index (χ2v) is 8.54. The Morgan fingerprint density at radius 1 is 1.19 bits per heavy atom. The van der Waals surface area contributed by atoms with Gasteiger partial charge in [-0.1, -0.05) is 34.1 Å². The summed E-state index contributed by atoms with van der Waals surface area (Å²) in [7, 11) is 0. The Morgan fingerprint density at radius 2 is 1.97 bits per heavy atom. The van der Waals surface area contributed by atoms with Gasteiger partial charge in [0.05, 0.1) is 16.2 Å². The summed E-state index contributed by atoms with van der Waals surface area (Å²) in [5.74, 6) is 0.0900. The van der Waals surface area contributed by atoms with Crippen molar-refractivity contribution >= 4 is 56.5 Å². The van der Waals surface area contributed by atoms with E-state index in [2.05, 4.69) is 20.9 Å². The number of halogens is 1. The lowest BCUT2D eigenvalue weighted by molar-refractivity contribution is -0.122. The first-order valence-corrected chi connectivity index (χ1v) is 11.0. The molecule has 3 aromatic rings. The molecule has 2 heterocycles. The highest BCUT2D eigenvalue weighted by Crippen LogP contribution is 2.35. The molecule has 1 aliphatic heterocycles. The maximum atomic E-state index is 12.8. The van der Waals surface area contributed by atoms with Crippen LogP contribution in [0.25, 0.3) is 17.4 Å². The molecule has 0 aliphatic carbocycles. The van der Waals surface area contributed by atoms with E-state index in [1.54, 1.807) is 23.1 Å². The molecule has 1 amide bonds. The molecule has 0 bridgehead atoms. The Labute approximate surface area is 191 Å². The number of carboxylic acids is 1. The van der Waals surface area contributed by atoms with Crippen molar-refractivity contribution in [1.82, 2.24) is 4.90 Å². The molecular weight excluding hydrogens is 480 g/mol. The van der Waals surface area contributed by atoms with Crippen molar-refractivity contribution in [3.63, 3.8) is 0 Å². The van der Waals surface area contributed by atoms with Crippen LogP contribution in [0.1, 0.15) is 23.0 Å². The van der Waals surface area contributed by atoms with Crippen molar-refractivity contribution in [2.75, 3.05) is 6.54 Å². The Balaban J connectivity index is 1.61. The van der Waals surface area contributed by atoms with Gasteiger partial charge < -0.3 is 9.52 Å². The van der Waals surface area contributed by atoms with Gasteiger partial charge in [0.2, 0.25) is 0 Å². The van der Waals surface area contributed by atoms with Gasteiger partial charge in [-0.05, 0) is 61.2 Å². The van der Waals surface area contributed by atoms with Gasteiger partial charge in [0.15, 0.2) is 5.17 Å². The summed E-state index contributed by atoms with van der Waals surface area (Å²) in [6.07, 6.45) is 1.70. The number of aromatic carboxylic acids is 1. The van der Waals surface area contributed by atoms with Gasteiger partial charge >= 0.3 is 5.97 Å². The van der Waals surface area contributed by atoms with E-state index in [0.717, 1.165) is 10.0 Å². The summed E-state index contributed by atoms with van der Waals surface area (Å²) in [5.41, 5.74) is 1.56. The lowest BCUT2D eigenvalue weighted by Gasteiger charge is -2.12. The van der Waals surface area contributed by atoms with Crippen LogP contribution in [0.15, 0.2) is 79.5 Å². The summed E-state index contributed by atoms with van der Waals surface area (Å²) in [4.78, 5) is 30.6. The highest BCUT2D eigenvalue weighted by atomic mass is 79.9. The molecule has 156 valence electrons. The number of benzene rings is 2. The van der Waals surface area contributed by atoms with E-state index in [-0.39, 0.29) is 11.5 Å². The maximum Gasteiger partial charge on any atom is 0.335 e. The molecule has 8 heteroatoms. The number of hydrogen-bond acceptors (Lipinski definition) is 5. The zero-order chi connectivity index (χ0) is 22.0. The van der Waals surface area contributed by atoms with E-state index in [4.69, 9.17) is 4.42 Å². The lowest BCUT2D eigenvalue weighted by atomic mass is 10.2. The lowest BCUT2D eigenvalue weighted by Crippen LogP contribution is -2.28. The van der Waals surface area contributed by atoms with E-state index < -0.39 is 5.97 Å². The molecular formula is C23H17BrN2O4S. The molecule has 1 fully saturated rings. The average Bonchev–Trinajstić information content (AvgIpc) is 3.33. The minimum atomic E-state index is -1.02. The van der Waals surface area contributed by atoms with Crippen LogP contribution in [0, 0.1) is 0 Å². The van der Waals surface area contributed by atoms with E-state index in [1.165, 1.54) is 23.9 Å². The smallest absolute Gasteiger partial charge is 0.335 e. The molecule has 0 unspecified atom stereocenters. The van der Waals surface area contributed by atoms with Crippen molar-refractivity contribution in [3.8, 4) is 11.3 Å². The molecule has 0 saturated carbocycles. The Morgan fingerprint density at radius 3 is 2.68 bits per heavy atom. The zero-order valence-corrected chi connectivity index (χ0v) is 18.8. The van der Waals surface area contributed by atoms with Gasteiger partial charge in [0.25, 0.3) is 5.91 Å². The van der Waals surface area contributed by atoms with E-state index in [9.17, 15) is 14.7 Å². The maximum absolute atomic E-state index is 12.8. The number of carboxylic acid groups (broad SMARTS) is 1. The van der Waals surface area contributed by atoms with Crippen LogP contribution in [0.4, 0.5) is 5.69 Å². The third-order valence-electron chi connectivity index (χ3n) is 4.55. The summed E-state index contributed by atoms with van der Waals surface area (Å²) in [6, 6.07) is 17.8. The Kier molecular flexibility index (Phi) is 6.11. The monoisotopic (exact) mass is 496 g/mol. The van der Waals surface area contributed by atoms with Crippen LogP contribution in [-0.4, -0.2) is 33.6 Å². The van der Waals surface area contributed by atoms with Crippen LogP contribution < -0.4 is 0 Å². The van der Waals surface area contributed by atoms with Gasteiger partial charge in [-0.3, -0.25) is 9.69 Å². The number of likely N-dealkylation sites (N-methyl/N-ethyl adjacent to an activating group) is 1. The fourth-order valence-electron chi connectivity index (χ4n) is 3.02. The summed E-state index contributed by atoms with van der Waals surface area (Å²) in [5, 5.41) is 9.68. The van der Waals surface area contributed by atoms with Crippen LogP contribution in [0.5, 0.6) is 0 Å². The molecule has 1 saturated heterocycles. The highest BCUT2D eigenvalue weighted by Gasteiger charge is 2.32. The van der Waals surface area contributed by atoms with Crippen LogP contribution in [0.3, 0.4) is 0 Å². The van der Waals surface area contributed by atoms with Crippen molar-refractivity contribution in [2.24, 2.45) is 4.99 Å². The van der Waals surface area contributed by atoms with Gasteiger partial charge in [-0.15, -0.1) is 0 Å². The number of furan rings is 1. The van der Waals surface area contributed by atoms with Crippen LogP contribution in [0.2, 0.25) is 0 Å². The minimum absolute atomic E-state index is 0.144. The second-order valence-electron chi connectivity index (χ2n) is 6.62. The number of carbonyl (C=O) groups excluding carboxylic acids is 1. The Hall–Kier alpha value is -3.10. The van der Waals surface area contributed by atoms with Crippen LogP contribution in [-0.2, 0) is 4.79 Å². The third kappa shape index (κ3) is 4.65. The number of amidine groups is 1. The molecule has 1 aliphatic rings. The number of amides is 1. The number of nitrogens with zero attached hydrogens (tertiary/aromatic N) is 2. The van der Waals surface area contributed by atoms with E-state index >= 15 is 0 Å². The van der Waals surface area contributed by atoms with Crippen molar-refractivity contribution in [3.05, 3.63) is 81.4 Å². The molecule has 0 spiro atoms. The van der Waals surface area contributed by atoms with Gasteiger partial charge in [0, 0.05) is 22.7 Å². The van der Waals surface area contributed by atoms with Gasteiger partial charge in [0.1, 0.15) is 11.5 Å². The molecule has 0 radical (unpaired) electrons. The number of thioether (sulfide) groups is 1. The number of hydrogen-bond donors (Lipinski definition) is 1. The highest BCUT2D eigenvalue weighted by molar-refractivity contribution is 9.10. The standard InChI is InChI=1S/C23H17BrN2O4S/c1-2-26-21(27)20(31-23(26)25-17-5-3-4-15(12-17)22(28)29)13-18-10-11-19(30-18)14-6-8-16(24)9-7-14/h3-13H,2H2,1H3,(H,28,29)/b20-13+,25-23?. The molecule has 4 rings (SSSR count). The minimum Gasteiger partial charge on any atom is -0.478 e. The van der Waals surface area contributed by atoms with E-state index in [0.29, 0.717) is 33.8 Å². The van der Waals surface area contributed by atoms with Gasteiger partial charge in [-0.2, -0.15) is 0 Å². The van der Waals surface area contributed by atoms with Crippen molar-refractivity contribution in [2.45, 2.75) is 6.92 Å². The normalized spacial score (nSPS) is 16.5. The number of aliphatic imine (C=N–C) groups is 1. The molecule has 6 nitrogen and oxygen atoms in total. The summed E-state index contributed by atoms with van der Waals surface area (Å²) < 4.78 is 6.89. The zero-order valence-electron chi connectivity index (χ0n) is 16.4. The summed E-state index contributed by atoms with van der Waals surface area (Å²) >= 11 is 4.65. The molecule has 2 aromatic carbocycles. The SMILES string of the molecule is CCN1C(=O)/C(=C\c2ccc(-c3ccc(Br)cc3)o2)SC1=Nc1cccc(C(=O)O)c1. The fraction of sp³-hybridized carbons (Fsp3) is 0.0870. The topological polar surface area (TPSA) is 83.1 Å². The quantitative estimate of drug-likeness (QED) is 0.435. The first-order valence-electron chi connectivity index (χ1n) is 9.44. The first kappa shape index (κ1) is 21.1. The molecule has 1 N–H and O–H groups in total. The Bertz CT molecular complexity index is 1210. The van der Waals surface area contributed by atoms with Gasteiger partial charge in [-0.25, -0.2) is 9.79 Å². The predicted octanol–water partition coefficient (Wildman–Crippen LogP) is 6.03. The third-order valence-corrected chi connectivity index (χ3v) is 6.09. The van der Waals surface area contributed by atoms with Crippen molar-refractivity contribution < 1.29 is 19.1 Å². The number of rotatable bonds is 5. The fourth-order valence-corrected chi connectivity index (χ4v) is 4.32. The first-order chi connectivity index (χ1) is 14.9. The molecule has 1 aromatic heterocycles. The molecule has 0 atom stereocenters. The second kappa shape index (κ2) is 8.95. The van der Waals surface area contributed by atoms with Crippen LogP contribution >= 0.6 is 27.7 Å².